The van der Waals surface area contributed by atoms with Crippen LogP contribution in [-0.4, -0.2) is 53.2 Å². The summed E-state index contributed by atoms with van der Waals surface area (Å²) in [6.07, 6.45) is -4.21. The number of hydrogen-bond acceptors (Lipinski definition) is 2. The van der Waals surface area contributed by atoms with Crippen molar-refractivity contribution in [2.24, 2.45) is 0 Å². The Hall–Kier alpha value is -1.57. The first-order valence-corrected chi connectivity index (χ1v) is 6.49. The molecule has 2 aliphatic rings. The van der Waals surface area contributed by atoms with Crippen molar-refractivity contribution in [2.45, 2.75) is 36.9 Å². The van der Waals surface area contributed by atoms with Gasteiger partial charge >= 0.3 is 12.3 Å². The Morgan fingerprint density at radius 3 is 2.43 bits per heavy atom. The third-order valence-electron chi connectivity index (χ3n) is 3.64. The van der Waals surface area contributed by atoms with E-state index in [9.17, 15) is 22.4 Å². The van der Waals surface area contributed by atoms with E-state index in [2.05, 4.69) is 0 Å². The van der Waals surface area contributed by atoms with Gasteiger partial charge in [-0.2, -0.15) is 13.2 Å². The normalized spacial score (nSPS) is 30.7. The molecule has 4 nitrogen and oxygen atoms in total. The van der Waals surface area contributed by atoms with Crippen LogP contribution in [0.4, 0.5) is 22.4 Å². The number of rotatable bonds is 2. The molecule has 2 atom stereocenters. The zero-order valence-electron chi connectivity index (χ0n) is 11.0. The van der Waals surface area contributed by atoms with Gasteiger partial charge in [-0.3, -0.25) is 0 Å². The molecule has 1 aliphatic carbocycles. The predicted octanol–water partition coefficient (Wildman–Crippen LogP) is 2.91. The lowest BCUT2D eigenvalue weighted by atomic mass is 9.92. The van der Waals surface area contributed by atoms with Gasteiger partial charge in [0.15, 0.2) is 0 Å². The molecule has 1 N–H and O–H groups in total. The molecule has 0 bridgehead atoms. The van der Waals surface area contributed by atoms with Crippen molar-refractivity contribution < 1.29 is 32.2 Å². The maximum Gasteiger partial charge on any atom is 0.429 e. The van der Waals surface area contributed by atoms with Gasteiger partial charge in [-0.05, 0) is 18.9 Å². The Balaban J connectivity index is 2.01. The number of likely N-dealkylation sites (tertiary alicyclic amines) is 1. The summed E-state index contributed by atoms with van der Waals surface area (Å²) in [6, 6.07) is 0. The third kappa shape index (κ3) is 3.20. The molecule has 1 heterocycles. The minimum Gasteiger partial charge on any atom is -0.465 e. The lowest BCUT2D eigenvalue weighted by Gasteiger charge is -2.37. The lowest BCUT2D eigenvalue weighted by Crippen LogP contribution is -2.52. The second kappa shape index (κ2) is 5.67. The molecule has 21 heavy (non-hydrogen) atoms. The van der Waals surface area contributed by atoms with Gasteiger partial charge in [0.1, 0.15) is 6.10 Å². The summed E-state index contributed by atoms with van der Waals surface area (Å²) in [4.78, 5) is 11.9. The van der Waals surface area contributed by atoms with E-state index >= 15 is 0 Å². The molecule has 1 fully saturated rings. The number of allylic oxidation sites excluding steroid dienone is 2. The number of alkyl halides is 4. The number of hydrogen-bond donors (Lipinski definition) is 1. The van der Waals surface area contributed by atoms with Gasteiger partial charge < -0.3 is 14.7 Å². The molecule has 1 amide bonds. The molecule has 0 spiro atoms. The molecule has 0 aromatic carbocycles. The van der Waals surface area contributed by atoms with Crippen LogP contribution in [0.25, 0.3) is 0 Å². The smallest absolute Gasteiger partial charge is 0.429 e. The fourth-order valence-corrected chi connectivity index (χ4v) is 2.39. The fourth-order valence-electron chi connectivity index (χ4n) is 2.39. The Bertz CT molecular complexity index is 455. The molecular weight excluding hydrogens is 294 g/mol. The number of piperidine rings is 1. The molecule has 118 valence electrons. The first-order chi connectivity index (χ1) is 9.74. The molecule has 1 aliphatic heterocycles. The van der Waals surface area contributed by atoms with Crippen molar-refractivity contribution in [3.8, 4) is 0 Å². The summed E-state index contributed by atoms with van der Waals surface area (Å²) in [5, 5.41) is 8.79. The SMILES string of the molecule is O=C(O)N1CCC(OC2C=CC=CC2(F)C(F)(F)F)CC1. The van der Waals surface area contributed by atoms with Crippen LogP contribution in [0.5, 0.6) is 0 Å². The van der Waals surface area contributed by atoms with E-state index in [1.54, 1.807) is 0 Å². The van der Waals surface area contributed by atoms with E-state index in [0.29, 0.717) is 6.08 Å². The Kier molecular flexibility index (Phi) is 4.27. The van der Waals surface area contributed by atoms with Crippen LogP contribution >= 0.6 is 0 Å². The van der Waals surface area contributed by atoms with Crippen LogP contribution < -0.4 is 0 Å². The van der Waals surface area contributed by atoms with Crippen LogP contribution in [0.2, 0.25) is 0 Å². The zero-order valence-corrected chi connectivity index (χ0v) is 11.0. The zero-order chi connectivity index (χ0) is 15.7. The molecule has 8 heteroatoms. The number of ether oxygens (including phenoxy) is 1. The molecule has 1 saturated heterocycles. The Labute approximate surface area is 118 Å². The summed E-state index contributed by atoms with van der Waals surface area (Å²) in [7, 11) is 0. The van der Waals surface area contributed by atoms with Crippen molar-refractivity contribution in [3.63, 3.8) is 0 Å². The van der Waals surface area contributed by atoms with Crippen LogP contribution in [0, 0.1) is 0 Å². The second-order valence-corrected chi connectivity index (χ2v) is 5.04. The molecular formula is C13H15F4NO3. The number of carbonyl (C=O) groups is 1. The first-order valence-electron chi connectivity index (χ1n) is 6.49. The van der Waals surface area contributed by atoms with Crippen LogP contribution in [0.15, 0.2) is 24.3 Å². The summed E-state index contributed by atoms with van der Waals surface area (Å²) in [6.45, 7) is 0.329. The highest BCUT2D eigenvalue weighted by molar-refractivity contribution is 5.65. The van der Waals surface area contributed by atoms with Gasteiger partial charge in [-0.15, -0.1) is 0 Å². The standard InChI is InChI=1S/C13H15F4NO3/c14-12(13(15,16)17)6-2-1-3-10(12)21-9-4-7-18(8-5-9)11(19)20/h1-3,6,9-10H,4-5,7-8H2,(H,19,20). The van der Waals surface area contributed by atoms with Crippen molar-refractivity contribution in [2.75, 3.05) is 13.1 Å². The Morgan fingerprint density at radius 1 is 1.29 bits per heavy atom. The van der Waals surface area contributed by atoms with Gasteiger partial charge in [0.05, 0.1) is 6.10 Å². The third-order valence-corrected chi connectivity index (χ3v) is 3.64. The van der Waals surface area contributed by atoms with Crippen LogP contribution in [-0.2, 0) is 4.74 Å². The first kappa shape index (κ1) is 15.8. The van der Waals surface area contributed by atoms with E-state index in [0.717, 1.165) is 17.1 Å². The maximum absolute atomic E-state index is 14.2. The highest BCUT2D eigenvalue weighted by Crippen LogP contribution is 2.42. The molecule has 0 radical (unpaired) electrons. The number of carboxylic acid groups (broad SMARTS) is 1. The predicted molar refractivity (Wildman–Crippen MR) is 65.7 cm³/mol. The summed E-state index contributed by atoms with van der Waals surface area (Å²) < 4.78 is 58.1. The van der Waals surface area contributed by atoms with Crippen molar-refractivity contribution >= 4 is 6.09 Å². The average molecular weight is 309 g/mol. The highest BCUT2D eigenvalue weighted by atomic mass is 19.4. The van der Waals surface area contributed by atoms with E-state index in [4.69, 9.17) is 9.84 Å². The quantitative estimate of drug-likeness (QED) is 0.798. The van der Waals surface area contributed by atoms with Crippen molar-refractivity contribution in [3.05, 3.63) is 24.3 Å². The van der Waals surface area contributed by atoms with Gasteiger partial charge in [0.2, 0.25) is 0 Å². The van der Waals surface area contributed by atoms with Crippen LogP contribution in [0.3, 0.4) is 0 Å². The maximum atomic E-state index is 14.2. The number of amides is 1. The fraction of sp³-hybridized carbons (Fsp3) is 0.615. The molecule has 2 unspecified atom stereocenters. The summed E-state index contributed by atoms with van der Waals surface area (Å²) >= 11 is 0. The van der Waals surface area contributed by atoms with E-state index in [-0.39, 0.29) is 25.9 Å². The van der Waals surface area contributed by atoms with Gasteiger partial charge in [-0.25, -0.2) is 9.18 Å². The lowest BCUT2D eigenvalue weighted by molar-refractivity contribution is -0.246. The van der Waals surface area contributed by atoms with Crippen molar-refractivity contribution in [1.82, 2.24) is 4.90 Å². The Morgan fingerprint density at radius 2 is 1.90 bits per heavy atom. The van der Waals surface area contributed by atoms with Gasteiger partial charge in [0.25, 0.3) is 5.67 Å². The highest BCUT2D eigenvalue weighted by Gasteiger charge is 2.60. The minimum atomic E-state index is -5.07. The van der Waals surface area contributed by atoms with Gasteiger partial charge in [-0.1, -0.05) is 18.2 Å². The van der Waals surface area contributed by atoms with Crippen LogP contribution in [0.1, 0.15) is 12.8 Å². The second-order valence-electron chi connectivity index (χ2n) is 5.04. The van der Waals surface area contributed by atoms with Gasteiger partial charge in [0, 0.05) is 13.1 Å². The monoisotopic (exact) mass is 309 g/mol. The minimum absolute atomic E-state index is 0.164. The molecule has 0 saturated carbocycles. The summed E-state index contributed by atoms with van der Waals surface area (Å²) in [5.74, 6) is 0. The van der Waals surface area contributed by atoms with E-state index < -0.39 is 30.1 Å². The molecule has 0 aromatic heterocycles. The summed E-state index contributed by atoms with van der Waals surface area (Å²) in [5.41, 5.74) is -3.55. The number of halogens is 4. The molecule has 2 rings (SSSR count). The van der Waals surface area contributed by atoms with E-state index in [1.165, 1.54) is 6.08 Å². The van der Waals surface area contributed by atoms with E-state index in [1.807, 2.05) is 0 Å². The molecule has 0 aromatic rings. The van der Waals surface area contributed by atoms with Crippen molar-refractivity contribution in [1.29, 1.82) is 0 Å². The largest absolute Gasteiger partial charge is 0.465 e. The number of nitrogens with zero attached hydrogens (tertiary/aromatic N) is 1. The average Bonchev–Trinajstić information content (AvgIpc) is 2.41. The topological polar surface area (TPSA) is 49.8 Å².